The Balaban J connectivity index is 4.07. The Bertz CT molecular complexity index is 145. The van der Waals surface area contributed by atoms with Crippen LogP contribution in [0.15, 0.2) is 0 Å². The molecule has 0 saturated carbocycles. The van der Waals surface area contributed by atoms with Gasteiger partial charge in [0, 0.05) is 6.92 Å². The van der Waals surface area contributed by atoms with Crippen LogP contribution in [-0.4, -0.2) is 17.7 Å². The highest BCUT2D eigenvalue weighted by atomic mass is 35.8. The molecule has 0 rings (SSSR count). The number of hydrogen-bond acceptors (Lipinski definition) is 2. The zero-order chi connectivity index (χ0) is 9.07. The van der Waals surface area contributed by atoms with E-state index >= 15 is 0 Å². The van der Waals surface area contributed by atoms with Crippen molar-refractivity contribution in [2.75, 3.05) is 0 Å². The Morgan fingerprint density at radius 3 is 2.09 bits per heavy atom. The molecule has 0 aromatic heterocycles. The molecule has 0 amide bonds. The zero-order valence-electron chi connectivity index (χ0n) is 6.23. The molecule has 0 radical (unpaired) electrons. The van der Waals surface area contributed by atoms with Gasteiger partial charge in [0.05, 0.1) is 0 Å². The van der Waals surface area contributed by atoms with Crippen LogP contribution in [0, 0.1) is 0 Å². The number of carbonyl (C=O) groups excluding carboxylic acids is 1. The second kappa shape index (κ2) is 4.55. The summed E-state index contributed by atoms with van der Waals surface area (Å²) in [5.41, 5.74) is -0.523. The smallest absolute Gasteiger partial charge is 0.381 e. The Kier molecular flexibility index (Phi) is 4.78. The Morgan fingerprint density at radius 2 is 2.00 bits per heavy atom. The molecule has 0 aromatic carbocycles. The summed E-state index contributed by atoms with van der Waals surface area (Å²) in [6, 6.07) is -2.88. The van der Waals surface area contributed by atoms with Crippen molar-refractivity contribution in [1.82, 2.24) is 0 Å². The SMILES string of the molecule is CCC(OC(C)=O)[Si](Cl)(Cl)Cl. The number of carbonyl (C=O) groups is 1. The van der Waals surface area contributed by atoms with Gasteiger partial charge >= 0.3 is 12.0 Å². The van der Waals surface area contributed by atoms with Crippen molar-refractivity contribution in [3.63, 3.8) is 0 Å². The third-order valence-corrected chi connectivity index (χ3v) is 4.49. The van der Waals surface area contributed by atoms with Crippen LogP contribution >= 0.6 is 33.2 Å². The molecule has 0 heterocycles. The lowest BCUT2D eigenvalue weighted by Gasteiger charge is -2.19. The fourth-order valence-corrected chi connectivity index (χ4v) is 3.13. The monoisotopic (exact) mass is 234 g/mol. The van der Waals surface area contributed by atoms with Gasteiger partial charge in [-0.3, -0.25) is 4.79 Å². The lowest BCUT2D eigenvalue weighted by molar-refractivity contribution is -0.143. The minimum atomic E-state index is -2.88. The second-order valence-corrected chi connectivity index (χ2v) is 10.9. The highest BCUT2D eigenvalue weighted by molar-refractivity contribution is 7.65. The number of halogens is 3. The Labute approximate surface area is 80.9 Å². The van der Waals surface area contributed by atoms with Gasteiger partial charge in [0.1, 0.15) is 5.73 Å². The average molecular weight is 236 g/mol. The normalized spacial score (nSPS) is 14.3. The number of rotatable bonds is 3. The van der Waals surface area contributed by atoms with E-state index in [4.69, 9.17) is 38.0 Å². The predicted octanol–water partition coefficient (Wildman–Crippen LogP) is 2.52. The summed E-state index contributed by atoms with van der Waals surface area (Å²) in [6.07, 6.45) is 0.544. The number of ether oxygens (including phenoxy) is 1. The van der Waals surface area contributed by atoms with E-state index in [1.807, 2.05) is 6.92 Å². The summed E-state index contributed by atoms with van der Waals surface area (Å²) in [5.74, 6) is -0.407. The lowest BCUT2D eigenvalue weighted by Crippen LogP contribution is -2.34. The highest BCUT2D eigenvalue weighted by Gasteiger charge is 2.38. The van der Waals surface area contributed by atoms with Gasteiger partial charge < -0.3 is 4.74 Å². The molecule has 11 heavy (non-hydrogen) atoms. The summed E-state index contributed by atoms with van der Waals surface area (Å²) in [7, 11) is 0. The van der Waals surface area contributed by atoms with Gasteiger partial charge in [-0.1, -0.05) is 6.92 Å². The van der Waals surface area contributed by atoms with Crippen molar-refractivity contribution in [2.24, 2.45) is 0 Å². The van der Waals surface area contributed by atoms with Gasteiger partial charge in [-0.25, -0.2) is 0 Å². The molecule has 2 nitrogen and oxygen atoms in total. The van der Waals surface area contributed by atoms with Crippen LogP contribution < -0.4 is 0 Å². The summed E-state index contributed by atoms with van der Waals surface area (Å²) < 4.78 is 4.79. The molecule has 0 saturated heterocycles. The maximum Gasteiger partial charge on any atom is 0.381 e. The predicted molar refractivity (Wildman–Crippen MR) is 49.2 cm³/mol. The highest BCUT2D eigenvalue weighted by Crippen LogP contribution is 2.28. The average Bonchev–Trinajstić information content (AvgIpc) is 1.79. The summed E-state index contributed by atoms with van der Waals surface area (Å²) in [5, 5.41) is 0. The van der Waals surface area contributed by atoms with E-state index in [0.717, 1.165) is 0 Å². The van der Waals surface area contributed by atoms with Crippen LogP contribution in [0.3, 0.4) is 0 Å². The molecule has 0 N–H and O–H groups in total. The van der Waals surface area contributed by atoms with Gasteiger partial charge in [0.15, 0.2) is 0 Å². The van der Waals surface area contributed by atoms with E-state index in [1.54, 1.807) is 0 Å². The molecular formula is C5H9Cl3O2Si. The first-order chi connectivity index (χ1) is 4.88. The molecule has 1 atom stereocenters. The largest absolute Gasteiger partial charge is 0.462 e. The zero-order valence-corrected chi connectivity index (χ0v) is 9.50. The maximum atomic E-state index is 10.5. The van der Waals surface area contributed by atoms with E-state index in [1.165, 1.54) is 6.92 Å². The number of esters is 1. The third kappa shape index (κ3) is 4.90. The molecule has 0 spiro atoms. The van der Waals surface area contributed by atoms with Crippen molar-refractivity contribution in [1.29, 1.82) is 0 Å². The van der Waals surface area contributed by atoms with E-state index in [-0.39, 0.29) is 0 Å². The first-order valence-electron chi connectivity index (χ1n) is 3.11. The molecule has 1 unspecified atom stereocenters. The van der Waals surface area contributed by atoms with Gasteiger partial charge in [-0.15, -0.1) is 33.2 Å². The summed E-state index contributed by atoms with van der Waals surface area (Å²) >= 11 is 16.9. The van der Waals surface area contributed by atoms with E-state index in [2.05, 4.69) is 0 Å². The first-order valence-corrected chi connectivity index (χ1v) is 8.23. The minimum absolute atomic E-state index is 0.407. The molecule has 0 bridgehead atoms. The Hall–Kier alpha value is 0.557. The van der Waals surface area contributed by atoms with Crippen LogP contribution in [-0.2, 0) is 9.53 Å². The summed E-state index contributed by atoms with van der Waals surface area (Å²) in [4.78, 5) is 10.5. The molecule has 0 aliphatic carbocycles. The Morgan fingerprint density at radius 1 is 1.55 bits per heavy atom. The lowest BCUT2D eigenvalue weighted by atomic mass is 10.5. The van der Waals surface area contributed by atoms with Crippen LogP contribution in [0.2, 0.25) is 0 Å². The molecule has 0 aromatic rings. The maximum absolute atomic E-state index is 10.5. The van der Waals surface area contributed by atoms with Crippen molar-refractivity contribution < 1.29 is 9.53 Å². The van der Waals surface area contributed by atoms with Crippen molar-refractivity contribution >= 4 is 45.2 Å². The van der Waals surface area contributed by atoms with Crippen molar-refractivity contribution in [3.8, 4) is 0 Å². The fourth-order valence-electron chi connectivity index (χ4n) is 0.582. The molecule has 0 fully saturated rings. The third-order valence-electron chi connectivity index (χ3n) is 1.04. The topological polar surface area (TPSA) is 26.3 Å². The van der Waals surface area contributed by atoms with Crippen molar-refractivity contribution in [3.05, 3.63) is 0 Å². The molecule has 0 aliphatic heterocycles. The standard InChI is InChI=1S/C5H9Cl3O2Si/c1-3-5(10-4(2)9)11(6,7)8/h5H,3H2,1-2H3. The molecule has 6 heteroatoms. The van der Waals surface area contributed by atoms with E-state index < -0.39 is 17.7 Å². The van der Waals surface area contributed by atoms with Gasteiger partial charge in [0.2, 0.25) is 0 Å². The number of hydrogen-bond donors (Lipinski definition) is 0. The van der Waals surface area contributed by atoms with Gasteiger partial charge in [-0.05, 0) is 6.42 Å². The van der Waals surface area contributed by atoms with Crippen LogP contribution in [0.5, 0.6) is 0 Å². The minimum Gasteiger partial charge on any atom is -0.462 e. The molecule has 66 valence electrons. The fraction of sp³-hybridized carbons (Fsp3) is 0.800. The molecular weight excluding hydrogens is 226 g/mol. The molecule has 0 aliphatic rings. The van der Waals surface area contributed by atoms with Crippen molar-refractivity contribution in [2.45, 2.75) is 26.0 Å². The van der Waals surface area contributed by atoms with Crippen LogP contribution in [0.1, 0.15) is 20.3 Å². The van der Waals surface area contributed by atoms with Crippen LogP contribution in [0.25, 0.3) is 0 Å². The summed E-state index contributed by atoms with van der Waals surface area (Å²) in [6.45, 7) is 3.11. The van der Waals surface area contributed by atoms with Gasteiger partial charge in [-0.2, -0.15) is 0 Å². The first kappa shape index (κ1) is 11.6. The van der Waals surface area contributed by atoms with Crippen LogP contribution in [0.4, 0.5) is 0 Å². The quantitative estimate of drug-likeness (QED) is 0.427. The van der Waals surface area contributed by atoms with E-state index in [0.29, 0.717) is 6.42 Å². The second-order valence-electron chi connectivity index (χ2n) is 2.05. The van der Waals surface area contributed by atoms with Gasteiger partial charge in [0.25, 0.3) is 0 Å². The van der Waals surface area contributed by atoms with E-state index in [9.17, 15) is 4.79 Å².